The van der Waals surface area contributed by atoms with E-state index in [2.05, 4.69) is 15.8 Å². The van der Waals surface area contributed by atoms with Crippen LogP contribution >= 0.6 is 11.6 Å². The van der Waals surface area contributed by atoms with Gasteiger partial charge in [0.2, 0.25) is 11.8 Å². The maximum Gasteiger partial charge on any atom is 0.407 e. The Labute approximate surface area is 202 Å². The van der Waals surface area contributed by atoms with Crippen molar-refractivity contribution in [2.75, 3.05) is 19.7 Å². The number of halogens is 1. The zero-order valence-electron chi connectivity index (χ0n) is 19.1. The van der Waals surface area contributed by atoms with Crippen LogP contribution in [0.3, 0.4) is 0 Å². The van der Waals surface area contributed by atoms with E-state index >= 15 is 0 Å². The highest BCUT2D eigenvalue weighted by atomic mass is 35.5. The number of β-amino-alcohol motifs (C(OH)–C–C–N with tert-alkyl or cyclic N) is 1. The number of carbonyl (C=O) groups is 3. The van der Waals surface area contributed by atoms with Gasteiger partial charge in [0.05, 0.1) is 24.3 Å². The Morgan fingerprint density at radius 1 is 1.32 bits per heavy atom. The predicted molar refractivity (Wildman–Crippen MR) is 123 cm³/mol. The molecule has 1 saturated heterocycles. The third kappa shape index (κ3) is 6.94. The van der Waals surface area contributed by atoms with Crippen LogP contribution in [-0.4, -0.2) is 64.9 Å². The minimum atomic E-state index is -0.879. The number of aliphatic hydroxyl groups excluding tert-OH is 1. The first-order valence-electron chi connectivity index (χ1n) is 11.1. The monoisotopic (exact) mass is 492 g/mol. The van der Waals surface area contributed by atoms with Crippen LogP contribution in [0, 0.1) is 6.92 Å². The first-order valence-corrected chi connectivity index (χ1v) is 11.5. The number of alkyl carbamates (subject to hydrolysis) is 1. The number of nitrogens with one attached hydrogen (secondary N) is 2. The Morgan fingerprint density at radius 3 is 2.71 bits per heavy atom. The molecule has 3 rings (SSSR count). The molecule has 0 radical (unpaired) electrons. The van der Waals surface area contributed by atoms with E-state index in [0.717, 1.165) is 6.42 Å². The van der Waals surface area contributed by atoms with E-state index in [4.69, 9.17) is 20.9 Å². The lowest BCUT2D eigenvalue weighted by atomic mass is 10.1. The van der Waals surface area contributed by atoms with Crippen molar-refractivity contribution in [3.63, 3.8) is 0 Å². The van der Waals surface area contributed by atoms with E-state index in [-0.39, 0.29) is 31.9 Å². The number of amides is 3. The highest BCUT2D eigenvalue weighted by Gasteiger charge is 2.39. The minimum absolute atomic E-state index is 0.0333. The topological polar surface area (TPSA) is 134 Å². The lowest BCUT2D eigenvalue weighted by molar-refractivity contribution is -0.138. The van der Waals surface area contributed by atoms with Gasteiger partial charge in [-0.1, -0.05) is 35.8 Å². The smallest absolute Gasteiger partial charge is 0.407 e. The standard InChI is InChI=1S/C23H29ClN4O6/c1-3-8-25-23(32)33-13-19(15-4-6-16(24)7-5-15)26-22(31)20-10-17(29)12-28(20)21(30)11-18-9-14(2)27-34-18/h4-7,9,17,19-20,29H,3,8,10-13H2,1-2H3,(H,25,32)(H,26,31)/t17-,19?,20?/m1/s1. The van der Waals surface area contributed by atoms with Crippen molar-refractivity contribution >= 4 is 29.5 Å². The van der Waals surface area contributed by atoms with Crippen LogP contribution in [0.5, 0.6) is 0 Å². The minimum Gasteiger partial charge on any atom is -0.447 e. The molecule has 3 atom stereocenters. The van der Waals surface area contributed by atoms with Crippen LogP contribution in [0.4, 0.5) is 4.79 Å². The summed E-state index contributed by atoms with van der Waals surface area (Å²) in [4.78, 5) is 39.3. The fraction of sp³-hybridized carbons (Fsp3) is 0.478. The molecule has 1 fully saturated rings. The summed E-state index contributed by atoms with van der Waals surface area (Å²) in [5.41, 5.74) is 1.32. The van der Waals surface area contributed by atoms with Crippen molar-refractivity contribution in [3.8, 4) is 0 Å². The van der Waals surface area contributed by atoms with Crippen LogP contribution in [0.1, 0.15) is 42.8 Å². The fourth-order valence-corrected chi connectivity index (χ4v) is 3.84. The molecular weight excluding hydrogens is 464 g/mol. The van der Waals surface area contributed by atoms with E-state index in [1.807, 2.05) is 6.92 Å². The molecule has 2 unspecified atom stereocenters. The molecule has 1 aliphatic heterocycles. The summed E-state index contributed by atoms with van der Waals surface area (Å²) in [6.07, 6.45) is -0.642. The first kappa shape index (κ1) is 25.5. The maximum atomic E-state index is 13.2. The predicted octanol–water partition coefficient (Wildman–Crippen LogP) is 2.13. The summed E-state index contributed by atoms with van der Waals surface area (Å²) in [6, 6.07) is 6.87. The van der Waals surface area contributed by atoms with Crippen LogP contribution in [0.15, 0.2) is 34.9 Å². The maximum absolute atomic E-state index is 13.2. The summed E-state index contributed by atoms with van der Waals surface area (Å²) in [7, 11) is 0. The summed E-state index contributed by atoms with van der Waals surface area (Å²) >= 11 is 5.98. The first-order chi connectivity index (χ1) is 16.3. The molecule has 2 heterocycles. The summed E-state index contributed by atoms with van der Waals surface area (Å²) in [5.74, 6) is -0.434. The number of nitrogens with zero attached hydrogens (tertiary/aromatic N) is 2. The van der Waals surface area contributed by atoms with Gasteiger partial charge in [-0.25, -0.2) is 4.79 Å². The number of likely N-dealkylation sites (tertiary alicyclic amines) is 1. The molecule has 10 nitrogen and oxygen atoms in total. The molecule has 0 aliphatic carbocycles. The average Bonchev–Trinajstić information content (AvgIpc) is 3.40. The molecule has 2 aromatic rings. The summed E-state index contributed by atoms with van der Waals surface area (Å²) < 4.78 is 10.4. The van der Waals surface area contributed by atoms with Gasteiger partial charge >= 0.3 is 6.09 Å². The molecule has 11 heteroatoms. The lowest BCUT2D eigenvalue weighted by Crippen LogP contribution is -2.48. The zero-order chi connectivity index (χ0) is 24.7. The van der Waals surface area contributed by atoms with Crippen molar-refractivity contribution in [1.29, 1.82) is 0 Å². The number of hydrogen-bond acceptors (Lipinski definition) is 7. The van der Waals surface area contributed by atoms with Crippen LogP contribution in [-0.2, 0) is 20.7 Å². The Kier molecular flexibility index (Phi) is 8.89. The molecule has 1 aromatic heterocycles. The summed E-state index contributed by atoms with van der Waals surface area (Å²) in [6.45, 7) is 4.05. The molecule has 1 aromatic carbocycles. The second-order valence-corrected chi connectivity index (χ2v) is 8.64. The van der Waals surface area contributed by atoms with Crippen molar-refractivity contribution in [2.24, 2.45) is 0 Å². The van der Waals surface area contributed by atoms with Gasteiger partial charge in [-0.15, -0.1) is 0 Å². The van der Waals surface area contributed by atoms with Crippen LogP contribution < -0.4 is 10.6 Å². The quantitative estimate of drug-likeness (QED) is 0.488. The molecule has 3 amide bonds. The van der Waals surface area contributed by atoms with E-state index < -0.39 is 30.2 Å². The molecule has 0 bridgehead atoms. The molecule has 0 saturated carbocycles. The normalized spacial score (nSPS) is 18.4. The number of rotatable bonds is 9. The second-order valence-electron chi connectivity index (χ2n) is 8.20. The van der Waals surface area contributed by atoms with Gasteiger partial charge in [0.25, 0.3) is 0 Å². The molecule has 34 heavy (non-hydrogen) atoms. The average molecular weight is 493 g/mol. The summed E-state index contributed by atoms with van der Waals surface area (Å²) in [5, 5.41) is 19.9. The van der Waals surface area contributed by atoms with E-state index in [1.54, 1.807) is 37.3 Å². The third-order valence-electron chi connectivity index (χ3n) is 5.39. The van der Waals surface area contributed by atoms with Gasteiger partial charge in [0.1, 0.15) is 18.4 Å². The number of aromatic nitrogens is 1. The third-order valence-corrected chi connectivity index (χ3v) is 5.65. The van der Waals surface area contributed by atoms with Gasteiger partial charge in [0, 0.05) is 30.6 Å². The van der Waals surface area contributed by atoms with Gasteiger partial charge in [0.15, 0.2) is 0 Å². The largest absolute Gasteiger partial charge is 0.447 e. The van der Waals surface area contributed by atoms with Gasteiger partial charge < -0.3 is 29.9 Å². The Hall–Kier alpha value is -3.11. The Morgan fingerprint density at radius 2 is 2.06 bits per heavy atom. The number of ether oxygens (including phenoxy) is 1. The zero-order valence-corrected chi connectivity index (χ0v) is 19.9. The number of aliphatic hydroxyl groups is 1. The molecule has 1 aliphatic rings. The Balaban J connectivity index is 1.70. The molecular formula is C23H29ClN4O6. The highest BCUT2D eigenvalue weighted by Crippen LogP contribution is 2.23. The number of carbonyl (C=O) groups excluding carboxylic acids is 3. The van der Waals surface area contributed by atoms with Crippen molar-refractivity contribution in [3.05, 3.63) is 52.4 Å². The fourth-order valence-electron chi connectivity index (χ4n) is 3.71. The van der Waals surface area contributed by atoms with Crippen molar-refractivity contribution in [2.45, 2.75) is 51.3 Å². The van der Waals surface area contributed by atoms with Crippen LogP contribution in [0.25, 0.3) is 0 Å². The van der Waals surface area contributed by atoms with Gasteiger partial charge in [-0.3, -0.25) is 9.59 Å². The molecule has 0 spiro atoms. The number of aryl methyl sites for hydroxylation is 1. The number of benzene rings is 1. The highest BCUT2D eigenvalue weighted by molar-refractivity contribution is 6.30. The van der Waals surface area contributed by atoms with E-state index in [1.165, 1.54) is 4.90 Å². The SMILES string of the molecule is CCCNC(=O)OCC(NC(=O)C1C[C@@H](O)CN1C(=O)Cc1cc(C)no1)c1ccc(Cl)cc1. The lowest BCUT2D eigenvalue weighted by Gasteiger charge is -2.26. The van der Waals surface area contributed by atoms with Gasteiger partial charge in [-0.2, -0.15) is 0 Å². The van der Waals surface area contributed by atoms with Gasteiger partial charge in [-0.05, 0) is 31.0 Å². The number of hydrogen-bond donors (Lipinski definition) is 3. The van der Waals surface area contributed by atoms with Crippen molar-refractivity contribution < 1.29 is 28.8 Å². The van der Waals surface area contributed by atoms with E-state index in [0.29, 0.717) is 28.6 Å². The van der Waals surface area contributed by atoms with E-state index in [9.17, 15) is 19.5 Å². The van der Waals surface area contributed by atoms with Crippen molar-refractivity contribution in [1.82, 2.24) is 20.7 Å². The van der Waals surface area contributed by atoms with Crippen LogP contribution in [0.2, 0.25) is 5.02 Å². The Bertz CT molecular complexity index is 996. The molecule has 3 N–H and O–H groups in total. The second kappa shape index (κ2) is 11.8. The molecule has 184 valence electrons.